The number of nitrogens with zero attached hydrogens (tertiary/aromatic N) is 2. The topological polar surface area (TPSA) is 53.9 Å². The van der Waals surface area contributed by atoms with Gasteiger partial charge in [0.25, 0.3) is 0 Å². The normalized spacial score (nSPS) is 14.9. The summed E-state index contributed by atoms with van der Waals surface area (Å²) in [5, 5.41) is 4.31. The smallest absolute Gasteiger partial charge is 0.387 e. The first-order valence-electron chi connectivity index (χ1n) is 8.57. The summed E-state index contributed by atoms with van der Waals surface area (Å²) >= 11 is 0. The maximum atomic E-state index is 12.5. The van der Waals surface area contributed by atoms with Crippen molar-refractivity contribution in [3.63, 3.8) is 0 Å². The predicted molar refractivity (Wildman–Crippen MR) is 102 cm³/mol. The number of halogens is 2. The molecule has 0 atom stereocenters. The quantitative estimate of drug-likeness (QED) is 0.814. The number of ether oxygens (including phenoxy) is 1. The number of hydrazone groups is 1. The molecular formula is C21H15F2N3O2. The monoisotopic (exact) mass is 379 g/mol. The molecule has 2 aromatic carbocycles. The van der Waals surface area contributed by atoms with E-state index in [0.717, 1.165) is 16.8 Å². The van der Waals surface area contributed by atoms with Gasteiger partial charge < -0.3 is 9.64 Å². The summed E-state index contributed by atoms with van der Waals surface area (Å²) < 4.78 is 29.5. The van der Waals surface area contributed by atoms with Crippen LogP contribution in [0.15, 0.2) is 53.6 Å². The lowest BCUT2D eigenvalue weighted by atomic mass is 10.1. The number of carbonyl (C=O) groups excluding carboxylic acids is 1. The largest absolute Gasteiger partial charge is 0.434 e. The highest BCUT2D eigenvalue weighted by Crippen LogP contribution is 2.23. The van der Waals surface area contributed by atoms with Gasteiger partial charge in [0.05, 0.1) is 24.3 Å². The van der Waals surface area contributed by atoms with E-state index in [9.17, 15) is 13.6 Å². The molecule has 0 aromatic heterocycles. The fraction of sp³-hybridized carbons (Fsp3) is 0.143. The molecule has 1 N–H and O–H groups in total. The van der Waals surface area contributed by atoms with E-state index in [0.29, 0.717) is 24.5 Å². The van der Waals surface area contributed by atoms with E-state index < -0.39 is 6.61 Å². The lowest BCUT2D eigenvalue weighted by molar-refractivity contribution is -0.125. The minimum atomic E-state index is -2.90. The van der Waals surface area contributed by atoms with Gasteiger partial charge in [-0.15, -0.1) is 0 Å². The van der Waals surface area contributed by atoms with E-state index in [-0.39, 0.29) is 11.5 Å². The second-order valence-electron chi connectivity index (χ2n) is 6.24. The predicted octanol–water partition coefficient (Wildman–Crippen LogP) is 3.32. The number of ketones is 1. The van der Waals surface area contributed by atoms with Crippen LogP contribution in [-0.4, -0.2) is 36.2 Å². The third-order valence-electron chi connectivity index (χ3n) is 4.26. The molecule has 28 heavy (non-hydrogen) atoms. The molecule has 2 aliphatic rings. The van der Waals surface area contributed by atoms with Crippen LogP contribution in [0.3, 0.4) is 0 Å². The summed E-state index contributed by atoms with van der Waals surface area (Å²) in [4.78, 5) is 13.0. The van der Waals surface area contributed by atoms with Gasteiger partial charge in [0.2, 0.25) is 0 Å². The van der Waals surface area contributed by atoms with Gasteiger partial charge in [-0.1, -0.05) is 24.0 Å². The number of hydrogen-bond donors (Lipinski definition) is 1. The molecule has 4 rings (SSSR count). The number of rotatable bonds is 2. The summed E-state index contributed by atoms with van der Waals surface area (Å²) in [5.74, 6) is 6.79. The SMILES string of the molecule is O=C1CN(C2=NNc3ccc(C#Cc4ccccc4OC(F)F)cc3C=C2)C1. The lowest BCUT2D eigenvalue weighted by Gasteiger charge is -2.30. The van der Waals surface area contributed by atoms with Crippen LogP contribution in [0.2, 0.25) is 0 Å². The van der Waals surface area contributed by atoms with Crippen molar-refractivity contribution in [2.75, 3.05) is 18.5 Å². The Hall–Kier alpha value is -3.66. The van der Waals surface area contributed by atoms with Crippen molar-refractivity contribution in [3.8, 4) is 17.6 Å². The van der Waals surface area contributed by atoms with Crippen molar-refractivity contribution >= 4 is 23.4 Å². The van der Waals surface area contributed by atoms with Gasteiger partial charge in [0.15, 0.2) is 5.78 Å². The Morgan fingerprint density at radius 3 is 2.71 bits per heavy atom. The highest BCUT2D eigenvalue weighted by Gasteiger charge is 2.26. The molecule has 2 aliphatic heterocycles. The maximum Gasteiger partial charge on any atom is 0.387 e. The average molecular weight is 379 g/mol. The molecule has 5 nitrogen and oxygen atoms in total. The summed E-state index contributed by atoms with van der Waals surface area (Å²) in [6.07, 6.45) is 3.74. The first-order chi connectivity index (χ1) is 13.6. The Morgan fingerprint density at radius 1 is 1.11 bits per heavy atom. The highest BCUT2D eigenvalue weighted by atomic mass is 19.3. The van der Waals surface area contributed by atoms with Gasteiger partial charge in [-0.05, 0) is 42.5 Å². The van der Waals surface area contributed by atoms with E-state index in [1.165, 1.54) is 6.07 Å². The van der Waals surface area contributed by atoms with Crippen LogP contribution in [0.25, 0.3) is 6.08 Å². The fourth-order valence-corrected chi connectivity index (χ4v) is 2.82. The molecule has 0 amide bonds. The molecule has 0 radical (unpaired) electrons. The van der Waals surface area contributed by atoms with Gasteiger partial charge in [-0.2, -0.15) is 13.9 Å². The third-order valence-corrected chi connectivity index (χ3v) is 4.26. The van der Waals surface area contributed by atoms with Crippen LogP contribution in [0.4, 0.5) is 14.5 Å². The number of nitrogens with one attached hydrogen (secondary N) is 1. The van der Waals surface area contributed by atoms with Crippen molar-refractivity contribution < 1.29 is 18.3 Å². The van der Waals surface area contributed by atoms with E-state index in [2.05, 4.69) is 27.1 Å². The van der Waals surface area contributed by atoms with E-state index in [4.69, 9.17) is 0 Å². The maximum absolute atomic E-state index is 12.5. The summed E-state index contributed by atoms with van der Waals surface area (Å²) in [5.41, 5.74) is 5.80. The van der Waals surface area contributed by atoms with E-state index in [1.54, 1.807) is 18.2 Å². The van der Waals surface area contributed by atoms with Gasteiger partial charge in [0.1, 0.15) is 11.6 Å². The summed E-state index contributed by atoms with van der Waals surface area (Å²) in [6, 6.07) is 12.0. The van der Waals surface area contributed by atoms with E-state index in [1.807, 2.05) is 35.3 Å². The summed E-state index contributed by atoms with van der Waals surface area (Å²) in [7, 11) is 0. The number of likely N-dealkylation sites (tertiary alicyclic amines) is 1. The lowest BCUT2D eigenvalue weighted by Crippen LogP contribution is -2.50. The number of Topliss-reactive ketones (excluding diaryl/α,β-unsaturated/α-hetero) is 1. The second kappa shape index (κ2) is 7.53. The van der Waals surface area contributed by atoms with Gasteiger partial charge >= 0.3 is 6.61 Å². The average Bonchev–Trinajstić information content (AvgIpc) is 2.86. The molecule has 0 unspecified atom stereocenters. The standard InChI is InChI=1S/C21H15F2N3O2/c22-21(23)28-19-4-2-1-3-15(19)7-5-14-6-9-18-16(11-14)8-10-20(25-24-18)26-12-17(27)13-26/h1-4,6,8-11,21,24H,12-13H2. The van der Waals surface area contributed by atoms with Crippen molar-refractivity contribution in [2.45, 2.75) is 6.61 Å². The summed E-state index contributed by atoms with van der Waals surface area (Å²) in [6.45, 7) is -2.15. The minimum absolute atomic E-state index is 0.0449. The van der Waals surface area contributed by atoms with Crippen LogP contribution in [-0.2, 0) is 4.79 Å². The number of amidine groups is 1. The van der Waals surface area contributed by atoms with Crippen molar-refractivity contribution in [1.29, 1.82) is 0 Å². The molecule has 2 aromatic rings. The number of para-hydroxylation sites is 1. The molecule has 0 bridgehead atoms. The number of benzene rings is 2. The van der Waals surface area contributed by atoms with Crippen LogP contribution >= 0.6 is 0 Å². The molecule has 0 aliphatic carbocycles. The Kier molecular flexibility index (Phi) is 4.77. The van der Waals surface area contributed by atoms with Crippen molar-refractivity contribution in [1.82, 2.24) is 4.90 Å². The highest BCUT2D eigenvalue weighted by molar-refractivity contribution is 6.05. The van der Waals surface area contributed by atoms with Crippen molar-refractivity contribution in [3.05, 3.63) is 65.2 Å². The molecule has 1 fully saturated rings. The molecule has 1 saturated heterocycles. The van der Waals surface area contributed by atoms with Crippen LogP contribution in [0, 0.1) is 11.8 Å². The number of alkyl halides is 2. The zero-order chi connectivity index (χ0) is 19.5. The molecule has 7 heteroatoms. The zero-order valence-electron chi connectivity index (χ0n) is 14.7. The number of fused-ring (bicyclic) bond motifs is 1. The Labute approximate surface area is 160 Å². The number of carbonyl (C=O) groups is 1. The number of anilines is 1. The van der Waals surface area contributed by atoms with Crippen molar-refractivity contribution in [2.24, 2.45) is 5.10 Å². The van der Waals surface area contributed by atoms with Gasteiger partial charge in [-0.25, -0.2) is 0 Å². The first-order valence-corrected chi connectivity index (χ1v) is 8.57. The Morgan fingerprint density at radius 2 is 1.93 bits per heavy atom. The third kappa shape index (κ3) is 3.86. The second-order valence-corrected chi connectivity index (χ2v) is 6.24. The number of hydrogen-bond acceptors (Lipinski definition) is 5. The Bertz CT molecular complexity index is 1040. The molecule has 0 spiro atoms. The Balaban J connectivity index is 1.55. The fourth-order valence-electron chi connectivity index (χ4n) is 2.82. The zero-order valence-corrected chi connectivity index (χ0v) is 14.7. The minimum Gasteiger partial charge on any atom is -0.434 e. The van der Waals surface area contributed by atoms with Crippen LogP contribution in [0.5, 0.6) is 5.75 Å². The molecule has 140 valence electrons. The molecule has 0 saturated carbocycles. The van der Waals surface area contributed by atoms with Gasteiger partial charge in [0, 0.05) is 11.1 Å². The van der Waals surface area contributed by atoms with Crippen LogP contribution < -0.4 is 10.2 Å². The first kappa shape index (κ1) is 17.7. The molecular weight excluding hydrogens is 364 g/mol. The van der Waals surface area contributed by atoms with E-state index >= 15 is 0 Å². The molecule has 2 heterocycles. The van der Waals surface area contributed by atoms with Crippen LogP contribution in [0.1, 0.15) is 16.7 Å². The van der Waals surface area contributed by atoms with Gasteiger partial charge in [-0.3, -0.25) is 10.2 Å².